The van der Waals surface area contributed by atoms with Crippen molar-refractivity contribution in [2.24, 2.45) is 11.7 Å². The molecule has 2 atom stereocenters. The number of carbonyl (C=O) groups excluding carboxylic acids is 2. The molecule has 0 aliphatic heterocycles. The van der Waals surface area contributed by atoms with Gasteiger partial charge < -0.3 is 15.2 Å². The average molecular weight is 438 g/mol. The van der Waals surface area contributed by atoms with Crippen LogP contribution in [0.1, 0.15) is 37.0 Å². The van der Waals surface area contributed by atoms with E-state index in [1.165, 1.54) is 0 Å². The lowest BCUT2D eigenvalue weighted by atomic mass is 9.88. The minimum Gasteiger partial charge on any atom is -0.457 e. The van der Waals surface area contributed by atoms with Gasteiger partial charge in [-0.3, -0.25) is 9.59 Å². The van der Waals surface area contributed by atoms with Crippen molar-refractivity contribution in [3.63, 3.8) is 0 Å². The van der Waals surface area contributed by atoms with Gasteiger partial charge in [-0.15, -0.1) is 0 Å². The summed E-state index contributed by atoms with van der Waals surface area (Å²) in [4.78, 5) is 25.2. The van der Waals surface area contributed by atoms with Gasteiger partial charge in [0.1, 0.15) is 11.5 Å². The zero-order chi connectivity index (χ0) is 22.4. The van der Waals surface area contributed by atoms with E-state index in [0.717, 1.165) is 5.56 Å². The number of rotatable bonds is 8. The fraction of sp³-hybridized carbons (Fsp3) is 0.200. The zero-order valence-corrected chi connectivity index (χ0v) is 18.1. The smallest absolute Gasteiger partial charge is 0.314 e. The molecule has 160 valence electrons. The second-order valence-electron chi connectivity index (χ2n) is 7.48. The predicted octanol–water partition coefficient (Wildman–Crippen LogP) is 5.64. The van der Waals surface area contributed by atoms with Crippen LogP contribution in [0.25, 0.3) is 0 Å². The average Bonchev–Trinajstić information content (AvgIpc) is 2.74. The van der Waals surface area contributed by atoms with Crippen LogP contribution in [0.2, 0.25) is 5.02 Å². The van der Waals surface area contributed by atoms with E-state index in [-0.39, 0.29) is 5.92 Å². The van der Waals surface area contributed by atoms with Crippen molar-refractivity contribution in [2.45, 2.75) is 25.9 Å². The number of halogens is 1. The maximum Gasteiger partial charge on any atom is 0.314 e. The summed E-state index contributed by atoms with van der Waals surface area (Å²) in [5.74, 6) is -0.767. The Labute approximate surface area is 186 Å². The number of benzene rings is 3. The first kappa shape index (κ1) is 22.4. The molecule has 0 spiro atoms. The van der Waals surface area contributed by atoms with E-state index >= 15 is 0 Å². The fourth-order valence-corrected chi connectivity index (χ4v) is 3.43. The molecule has 0 radical (unpaired) electrons. The minimum absolute atomic E-state index is 0.0602. The highest BCUT2D eigenvalue weighted by Crippen LogP contribution is 2.31. The van der Waals surface area contributed by atoms with Crippen molar-refractivity contribution in [3.05, 3.63) is 95.0 Å². The van der Waals surface area contributed by atoms with Gasteiger partial charge in [-0.25, -0.2) is 0 Å². The van der Waals surface area contributed by atoms with Crippen LogP contribution in [0.4, 0.5) is 0 Å². The number of hydrogen-bond acceptors (Lipinski definition) is 4. The monoisotopic (exact) mass is 437 g/mol. The SMILES string of the molecule is CC(C)C(C(=O)OC(C(N)=O)c1cccc(Oc2ccccc2)c1)c1ccc(Cl)cc1. The first-order chi connectivity index (χ1) is 14.8. The molecule has 5 nitrogen and oxygen atoms in total. The summed E-state index contributed by atoms with van der Waals surface area (Å²) < 4.78 is 11.4. The Balaban J connectivity index is 1.83. The number of amides is 1. The van der Waals surface area contributed by atoms with Gasteiger partial charge in [-0.05, 0) is 47.9 Å². The van der Waals surface area contributed by atoms with E-state index in [0.29, 0.717) is 22.1 Å². The molecule has 2 unspecified atom stereocenters. The number of carbonyl (C=O) groups is 2. The third kappa shape index (κ3) is 5.86. The molecule has 0 saturated carbocycles. The predicted molar refractivity (Wildman–Crippen MR) is 120 cm³/mol. The quantitative estimate of drug-likeness (QED) is 0.462. The molecule has 3 aromatic carbocycles. The summed E-state index contributed by atoms with van der Waals surface area (Å²) in [5, 5.41) is 0.574. The number of nitrogens with two attached hydrogens (primary N) is 1. The maximum absolute atomic E-state index is 13.0. The third-order valence-corrected chi connectivity index (χ3v) is 5.03. The standard InChI is InChI=1S/C25H24ClNO4/c1-16(2)22(17-11-13-19(26)14-12-17)25(29)31-23(24(27)28)18-7-6-10-21(15-18)30-20-8-4-3-5-9-20/h3-16,22-23H,1-2H3,(H2,27,28). The first-order valence-electron chi connectivity index (χ1n) is 9.93. The van der Waals surface area contributed by atoms with Crippen molar-refractivity contribution in [2.75, 3.05) is 0 Å². The first-order valence-corrected chi connectivity index (χ1v) is 10.3. The normalized spacial score (nSPS) is 12.8. The Bertz CT molecular complexity index is 1030. The molecule has 0 bridgehead atoms. The molecule has 2 N–H and O–H groups in total. The molecular formula is C25H24ClNO4. The summed E-state index contributed by atoms with van der Waals surface area (Å²) in [6.07, 6.45) is -1.24. The zero-order valence-electron chi connectivity index (χ0n) is 17.3. The molecule has 0 saturated heterocycles. The minimum atomic E-state index is -1.24. The second-order valence-corrected chi connectivity index (χ2v) is 7.92. The lowest BCUT2D eigenvalue weighted by Gasteiger charge is -2.23. The molecule has 0 heterocycles. The summed E-state index contributed by atoms with van der Waals surface area (Å²) in [6, 6.07) is 23.0. The van der Waals surface area contributed by atoms with Gasteiger partial charge >= 0.3 is 5.97 Å². The van der Waals surface area contributed by atoms with Gasteiger partial charge in [0.15, 0.2) is 0 Å². The van der Waals surface area contributed by atoms with Crippen LogP contribution in [0.3, 0.4) is 0 Å². The van der Waals surface area contributed by atoms with E-state index in [4.69, 9.17) is 26.8 Å². The molecule has 0 aromatic heterocycles. The molecule has 31 heavy (non-hydrogen) atoms. The second kappa shape index (κ2) is 10.1. The van der Waals surface area contributed by atoms with Gasteiger partial charge in [0, 0.05) is 10.6 Å². The Kier molecular flexibility index (Phi) is 7.32. The van der Waals surface area contributed by atoms with Crippen LogP contribution >= 0.6 is 11.6 Å². The molecular weight excluding hydrogens is 414 g/mol. The molecule has 0 fully saturated rings. The highest BCUT2D eigenvalue weighted by Gasteiger charge is 2.31. The summed E-state index contributed by atoms with van der Waals surface area (Å²) in [7, 11) is 0. The molecule has 3 aromatic rings. The number of para-hydroxylation sites is 1. The van der Waals surface area contributed by atoms with Crippen molar-refractivity contribution in [3.8, 4) is 11.5 Å². The molecule has 0 aliphatic carbocycles. The maximum atomic E-state index is 13.0. The number of esters is 1. The van der Waals surface area contributed by atoms with Crippen LogP contribution < -0.4 is 10.5 Å². The molecule has 3 rings (SSSR count). The van der Waals surface area contributed by atoms with E-state index < -0.39 is 23.9 Å². The third-order valence-electron chi connectivity index (χ3n) is 4.78. The highest BCUT2D eigenvalue weighted by atomic mass is 35.5. The van der Waals surface area contributed by atoms with Crippen molar-refractivity contribution in [1.29, 1.82) is 0 Å². The lowest BCUT2D eigenvalue weighted by molar-refractivity contribution is -0.157. The Hall–Kier alpha value is -3.31. The number of primary amides is 1. The van der Waals surface area contributed by atoms with Crippen molar-refractivity contribution >= 4 is 23.5 Å². The summed E-state index contributed by atoms with van der Waals surface area (Å²) in [5.41, 5.74) is 6.78. The van der Waals surface area contributed by atoms with Gasteiger partial charge in [-0.2, -0.15) is 0 Å². The van der Waals surface area contributed by atoms with E-state index in [1.54, 1.807) is 48.5 Å². The van der Waals surface area contributed by atoms with Gasteiger partial charge in [0.2, 0.25) is 6.10 Å². The number of hydrogen-bond donors (Lipinski definition) is 1. The summed E-state index contributed by atoms with van der Waals surface area (Å²) >= 11 is 5.97. The Morgan fingerprint density at radius 2 is 1.48 bits per heavy atom. The van der Waals surface area contributed by atoms with Crippen molar-refractivity contribution in [1.82, 2.24) is 0 Å². The Morgan fingerprint density at radius 3 is 2.10 bits per heavy atom. The van der Waals surface area contributed by atoms with E-state index in [1.807, 2.05) is 44.2 Å². The van der Waals surface area contributed by atoms with E-state index in [9.17, 15) is 9.59 Å². The highest BCUT2D eigenvalue weighted by molar-refractivity contribution is 6.30. The number of ether oxygens (including phenoxy) is 2. The topological polar surface area (TPSA) is 78.6 Å². The van der Waals surface area contributed by atoms with Gasteiger partial charge in [0.25, 0.3) is 5.91 Å². The van der Waals surface area contributed by atoms with Gasteiger partial charge in [0.05, 0.1) is 5.92 Å². The van der Waals surface area contributed by atoms with E-state index in [2.05, 4.69) is 0 Å². The molecule has 6 heteroatoms. The van der Waals surface area contributed by atoms with Crippen molar-refractivity contribution < 1.29 is 19.1 Å². The van der Waals surface area contributed by atoms with Crippen LogP contribution in [-0.4, -0.2) is 11.9 Å². The lowest BCUT2D eigenvalue weighted by Crippen LogP contribution is -2.30. The largest absolute Gasteiger partial charge is 0.457 e. The van der Waals surface area contributed by atoms with Crippen LogP contribution in [0.5, 0.6) is 11.5 Å². The summed E-state index contributed by atoms with van der Waals surface area (Å²) in [6.45, 7) is 3.82. The molecule has 1 amide bonds. The van der Waals surface area contributed by atoms with Crippen LogP contribution in [0.15, 0.2) is 78.9 Å². The Morgan fingerprint density at radius 1 is 0.839 bits per heavy atom. The van der Waals surface area contributed by atoms with Gasteiger partial charge in [-0.1, -0.05) is 67.9 Å². The van der Waals surface area contributed by atoms with Crippen LogP contribution in [-0.2, 0) is 14.3 Å². The molecule has 0 aliphatic rings. The fourth-order valence-electron chi connectivity index (χ4n) is 3.31. The van der Waals surface area contributed by atoms with Crippen LogP contribution in [0, 0.1) is 5.92 Å².